The van der Waals surface area contributed by atoms with E-state index in [9.17, 15) is 13.2 Å². The van der Waals surface area contributed by atoms with E-state index in [-0.39, 0.29) is 0 Å². The Bertz CT molecular complexity index is 960. The highest BCUT2D eigenvalue weighted by Crippen LogP contribution is 2.33. The summed E-state index contributed by atoms with van der Waals surface area (Å²) in [4.78, 5) is 12.8. The van der Waals surface area contributed by atoms with E-state index in [0.717, 1.165) is 21.7 Å². The number of sulfonamides is 1. The lowest BCUT2D eigenvalue weighted by Gasteiger charge is -2.29. The number of amides is 1. The lowest BCUT2D eigenvalue weighted by molar-refractivity contribution is -0.116. The summed E-state index contributed by atoms with van der Waals surface area (Å²) in [5, 5.41) is 3.23. The Hall–Kier alpha value is -2.25. The van der Waals surface area contributed by atoms with Gasteiger partial charge in [-0.1, -0.05) is 23.7 Å². The number of carbonyl (C=O) groups is 1. The number of halogens is 1. The Balaban J connectivity index is 2.41. The first-order valence-corrected chi connectivity index (χ1v) is 10.5. The molecule has 0 spiro atoms. The van der Waals surface area contributed by atoms with E-state index in [4.69, 9.17) is 16.3 Å². The zero-order valence-electron chi connectivity index (χ0n) is 15.9. The van der Waals surface area contributed by atoms with Gasteiger partial charge >= 0.3 is 0 Å². The van der Waals surface area contributed by atoms with Gasteiger partial charge < -0.3 is 10.1 Å². The minimum atomic E-state index is -3.75. The van der Waals surface area contributed by atoms with Gasteiger partial charge in [0.2, 0.25) is 15.9 Å². The standard InChI is InChI=1S/C19H23ClN2O4S/c1-12-6-9-18(26-4)17(10-12)22(27(5,24)25)14(3)19(23)21-15-8-7-13(2)16(20)11-15/h6-11,14H,1-5H3,(H,21,23)/t14-/m1/s1. The number of hydrogen-bond donors (Lipinski definition) is 1. The zero-order valence-corrected chi connectivity index (χ0v) is 17.5. The van der Waals surface area contributed by atoms with Crippen molar-refractivity contribution >= 4 is 38.9 Å². The third-order valence-electron chi connectivity index (χ3n) is 4.10. The summed E-state index contributed by atoms with van der Waals surface area (Å²) in [6, 6.07) is 9.27. The quantitative estimate of drug-likeness (QED) is 0.786. The van der Waals surface area contributed by atoms with Crippen LogP contribution in [-0.4, -0.2) is 33.7 Å². The number of rotatable bonds is 6. The van der Waals surface area contributed by atoms with Gasteiger partial charge in [0, 0.05) is 10.7 Å². The van der Waals surface area contributed by atoms with Gasteiger partial charge in [-0.2, -0.15) is 0 Å². The molecule has 0 saturated carbocycles. The Morgan fingerprint density at radius 3 is 2.41 bits per heavy atom. The molecular weight excluding hydrogens is 388 g/mol. The number of benzene rings is 2. The fourth-order valence-electron chi connectivity index (χ4n) is 2.67. The van der Waals surface area contributed by atoms with Crippen LogP contribution in [0.25, 0.3) is 0 Å². The lowest BCUT2D eigenvalue weighted by atomic mass is 10.1. The van der Waals surface area contributed by atoms with E-state index >= 15 is 0 Å². The van der Waals surface area contributed by atoms with Crippen LogP contribution in [-0.2, 0) is 14.8 Å². The molecule has 0 aromatic heterocycles. The average Bonchev–Trinajstić information content (AvgIpc) is 2.57. The van der Waals surface area contributed by atoms with Gasteiger partial charge in [-0.05, 0) is 56.2 Å². The first-order valence-electron chi connectivity index (χ1n) is 8.25. The van der Waals surface area contributed by atoms with Gasteiger partial charge in [-0.25, -0.2) is 8.42 Å². The van der Waals surface area contributed by atoms with E-state index in [0.29, 0.717) is 22.1 Å². The topological polar surface area (TPSA) is 75.7 Å². The SMILES string of the molecule is COc1ccc(C)cc1N([C@H](C)C(=O)Nc1ccc(C)c(Cl)c1)S(C)(=O)=O. The predicted octanol–water partition coefficient (Wildman–Crippen LogP) is 3.76. The van der Waals surface area contributed by atoms with Gasteiger partial charge in [0.15, 0.2) is 0 Å². The zero-order chi connectivity index (χ0) is 20.4. The average molecular weight is 411 g/mol. The predicted molar refractivity (Wildman–Crippen MR) is 109 cm³/mol. The second kappa shape index (κ2) is 8.19. The monoisotopic (exact) mass is 410 g/mol. The van der Waals surface area contributed by atoms with Crippen molar-refractivity contribution in [2.24, 2.45) is 0 Å². The van der Waals surface area contributed by atoms with Crippen LogP contribution in [0.5, 0.6) is 5.75 Å². The van der Waals surface area contributed by atoms with E-state index in [2.05, 4.69) is 5.32 Å². The molecule has 8 heteroatoms. The fourth-order valence-corrected chi connectivity index (χ4v) is 4.02. The van der Waals surface area contributed by atoms with Gasteiger partial charge in [0.05, 0.1) is 19.1 Å². The van der Waals surface area contributed by atoms with Crippen LogP contribution in [0.1, 0.15) is 18.1 Å². The summed E-state index contributed by atoms with van der Waals surface area (Å²) in [6.07, 6.45) is 1.06. The number of methoxy groups -OCH3 is 1. The Morgan fingerprint density at radius 1 is 1.19 bits per heavy atom. The molecule has 1 amide bonds. The molecule has 0 aliphatic heterocycles. The molecule has 0 aliphatic carbocycles. The number of anilines is 2. The highest BCUT2D eigenvalue weighted by molar-refractivity contribution is 7.92. The Labute approximate surface area is 165 Å². The first-order chi connectivity index (χ1) is 12.5. The third kappa shape index (κ3) is 4.93. The molecule has 2 rings (SSSR count). The van der Waals surface area contributed by atoms with Crippen molar-refractivity contribution in [2.45, 2.75) is 26.8 Å². The third-order valence-corrected chi connectivity index (χ3v) is 5.73. The van der Waals surface area contributed by atoms with Crippen LogP contribution in [0.2, 0.25) is 5.02 Å². The van der Waals surface area contributed by atoms with Crippen LogP contribution in [0.4, 0.5) is 11.4 Å². The van der Waals surface area contributed by atoms with Crippen LogP contribution in [0, 0.1) is 13.8 Å². The molecule has 6 nitrogen and oxygen atoms in total. The lowest BCUT2D eigenvalue weighted by Crippen LogP contribution is -2.45. The van der Waals surface area contributed by atoms with Crippen molar-refractivity contribution in [2.75, 3.05) is 23.0 Å². The highest BCUT2D eigenvalue weighted by Gasteiger charge is 2.31. The van der Waals surface area contributed by atoms with Crippen molar-refractivity contribution in [3.63, 3.8) is 0 Å². The molecule has 0 aliphatic rings. The smallest absolute Gasteiger partial charge is 0.247 e. The van der Waals surface area contributed by atoms with Crippen molar-refractivity contribution in [3.8, 4) is 5.75 Å². The van der Waals surface area contributed by atoms with Crippen molar-refractivity contribution in [1.82, 2.24) is 0 Å². The van der Waals surface area contributed by atoms with Crippen molar-refractivity contribution < 1.29 is 17.9 Å². The minimum absolute atomic E-state index is 0.310. The number of carbonyl (C=O) groups excluding carboxylic acids is 1. The normalized spacial score (nSPS) is 12.4. The molecule has 2 aromatic carbocycles. The molecule has 0 bridgehead atoms. The summed E-state index contributed by atoms with van der Waals surface area (Å²) in [6.45, 7) is 5.21. The van der Waals surface area contributed by atoms with Gasteiger partial charge in [-0.15, -0.1) is 0 Å². The highest BCUT2D eigenvalue weighted by atomic mass is 35.5. The molecule has 1 atom stereocenters. The maximum Gasteiger partial charge on any atom is 0.247 e. The van der Waals surface area contributed by atoms with Crippen molar-refractivity contribution in [3.05, 3.63) is 52.5 Å². The van der Waals surface area contributed by atoms with Crippen LogP contribution < -0.4 is 14.4 Å². The molecule has 0 radical (unpaired) electrons. The molecule has 146 valence electrons. The largest absolute Gasteiger partial charge is 0.495 e. The Kier molecular flexibility index (Phi) is 6.38. The number of aryl methyl sites for hydroxylation is 2. The number of nitrogens with one attached hydrogen (secondary N) is 1. The molecular formula is C19H23ClN2O4S. The maximum absolute atomic E-state index is 12.8. The summed E-state index contributed by atoms with van der Waals surface area (Å²) in [7, 11) is -2.30. The summed E-state index contributed by atoms with van der Waals surface area (Å²) < 4.78 is 31.3. The molecule has 0 fully saturated rings. The Morgan fingerprint density at radius 2 is 1.85 bits per heavy atom. The van der Waals surface area contributed by atoms with Gasteiger partial charge in [0.25, 0.3) is 0 Å². The molecule has 2 aromatic rings. The number of ether oxygens (including phenoxy) is 1. The molecule has 27 heavy (non-hydrogen) atoms. The second-order valence-electron chi connectivity index (χ2n) is 6.36. The van der Waals surface area contributed by atoms with Gasteiger partial charge in [0.1, 0.15) is 11.8 Å². The van der Waals surface area contributed by atoms with E-state index in [1.807, 2.05) is 19.9 Å². The van der Waals surface area contributed by atoms with Crippen LogP contribution in [0.3, 0.4) is 0 Å². The summed E-state index contributed by atoms with van der Waals surface area (Å²) in [5.74, 6) is -0.118. The summed E-state index contributed by atoms with van der Waals surface area (Å²) in [5.41, 5.74) is 2.53. The number of nitrogens with zero attached hydrogens (tertiary/aromatic N) is 1. The molecule has 0 unspecified atom stereocenters. The molecule has 0 heterocycles. The van der Waals surface area contributed by atoms with E-state index in [1.54, 1.807) is 30.3 Å². The maximum atomic E-state index is 12.8. The van der Waals surface area contributed by atoms with E-state index in [1.165, 1.54) is 14.0 Å². The first kappa shape index (κ1) is 21.1. The van der Waals surface area contributed by atoms with Crippen LogP contribution in [0.15, 0.2) is 36.4 Å². The van der Waals surface area contributed by atoms with Gasteiger partial charge in [-0.3, -0.25) is 9.10 Å². The van der Waals surface area contributed by atoms with E-state index < -0.39 is 22.0 Å². The minimum Gasteiger partial charge on any atom is -0.495 e. The fraction of sp³-hybridized carbons (Fsp3) is 0.316. The van der Waals surface area contributed by atoms with Crippen LogP contribution >= 0.6 is 11.6 Å². The second-order valence-corrected chi connectivity index (χ2v) is 8.63. The number of hydrogen-bond acceptors (Lipinski definition) is 4. The van der Waals surface area contributed by atoms with Crippen molar-refractivity contribution in [1.29, 1.82) is 0 Å². The summed E-state index contributed by atoms with van der Waals surface area (Å²) >= 11 is 6.09. The molecule has 1 N–H and O–H groups in total. The molecule has 0 saturated heterocycles.